The Hall–Kier alpha value is -0.330. The molecule has 0 aromatic heterocycles. The highest BCUT2D eigenvalue weighted by Crippen LogP contribution is 2.34. The van der Waals surface area contributed by atoms with Crippen LogP contribution in [-0.4, -0.2) is 24.2 Å². The predicted octanol–water partition coefficient (Wildman–Crippen LogP) is 5.02. The van der Waals surface area contributed by atoms with Gasteiger partial charge < -0.3 is 0 Å². The summed E-state index contributed by atoms with van der Waals surface area (Å²) in [5.41, 5.74) is 0.406. The highest BCUT2D eigenvalue weighted by molar-refractivity contribution is 9.10. The fourth-order valence-electron chi connectivity index (χ4n) is 2.34. The third-order valence-corrected chi connectivity index (χ3v) is 4.73. The first kappa shape index (κ1) is 16.0. The van der Waals surface area contributed by atoms with Crippen LogP contribution < -0.4 is 0 Å². The molecule has 1 fully saturated rings. The molecule has 1 saturated heterocycles. The number of piperidine rings is 1. The molecule has 1 aliphatic heterocycles. The van der Waals surface area contributed by atoms with E-state index in [1.807, 2.05) is 4.90 Å². The number of likely N-dealkylation sites (tertiary alicyclic amines) is 1. The number of hydrogen-bond acceptors (Lipinski definition) is 1. The van der Waals surface area contributed by atoms with Gasteiger partial charge in [-0.2, -0.15) is 13.2 Å². The Labute approximate surface area is 128 Å². The van der Waals surface area contributed by atoms with Crippen molar-refractivity contribution in [3.8, 4) is 0 Å². The topological polar surface area (TPSA) is 3.24 Å². The van der Waals surface area contributed by atoms with Gasteiger partial charge in [0.05, 0.1) is 10.9 Å². The van der Waals surface area contributed by atoms with Gasteiger partial charge >= 0.3 is 6.18 Å². The molecule has 1 aromatic rings. The first-order valence-electron chi connectivity index (χ1n) is 6.20. The maximum absolute atomic E-state index is 13.8. The van der Waals surface area contributed by atoms with Crippen molar-refractivity contribution in [3.63, 3.8) is 0 Å². The summed E-state index contributed by atoms with van der Waals surface area (Å²) in [6.45, 7) is 0.915. The molecule has 2 rings (SSSR count). The lowest BCUT2D eigenvalue weighted by Gasteiger charge is -2.32. The minimum absolute atomic E-state index is 0.0649. The lowest BCUT2D eigenvalue weighted by Crippen LogP contribution is -2.38. The molecular weight excluding hydrogens is 361 g/mol. The van der Waals surface area contributed by atoms with Gasteiger partial charge in [0, 0.05) is 16.6 Å². The summed E-state index contributed by atoms with van der Waals surface area (Å²) < 4.78 is 51.9. The normalized spacial score (nSPS) is 18.5. The van der Waals surface area contributed by atoms with Crippen LogP contribution in [0.5, 0.6) is 0 Å². The van der Waals surface area contributed by atoms with E-state index in [4.69, 9.17) is 11.6 Å². The largest absolute Gasteiger partial charge is 0.391 e. The zero-order chi connectivity index (χ0) is 14.9. The van der Waals surface area contributed by atoms with E-state index in [1.54, 1.807) is 0 Å². The van der Waals surface area contributed by atoms with Gasteiger partial charge in [-0.3, -0.25) is 4.90 Å². The van der Waals surface area contributed by atoms with Gasteiger partial charge in [0.25, 0.3) is 0 Å². The van der Waals surface area contributed by atoms with Gasteiger partial charge in [0.2, 0.25) is 0 Å². The molecule has 0 unspecified atom stereocenters. The van der Waals surface area contributed by atoms with Crippen molar-refractivity contribution >= 4 is 27.5 Å². The molecule has 1 aromatic carbocycles. The van der Waals surface area contributed by atoms with Crippen LogP contribution >= 0.6 is 27.5 Å². The van der Waals surface area contributed by atoms with E-state index in [2.05, 4.69) is 15.9 Å². The molecule has 0 amide bonds. The molecule has 7 heteroatoms. The van der Waals surface area contributed by atoms with E-state index in [0.717, 1.165) is 0 Å². The molecule has 1 heterocycles. The van der Waals surface area contributed by atoms with Crippen LogP contribution in [0.25, 0.3) is 0 Å². The highest BCUT2D eigenvalue weighted by Gasteiger charge is 2.41. The van der Waals surface area contributed by atoms with Crippen molar-refractivity contribution in [2.45, 2.75) is 25.6 Å². The second-order valence-electron chi connectivity index (χ2n) is 4.95. The van der Waals surface area contributed by atoms with E-state index in [9.17, 15) is 17.6 Å². The molecule has 0 N–H and O–H groups in total. The quantitative estimate of drug-likeness (QED) is 0.519. The average molecular weight is 375 g/mol. The summed E-state index contributed by atoms with van der Waals surface area (Å²) in [5, 5.41) is 0.395. The zero-order valence-corrected chi connectivity index (χ0v) is 12.8. The predicted molar refractivity (Wildman–Crippen MR) is 73.2 cm³/mol. The van der Waals surface area contributed by atoms with Gasteiger partial charge in [-0.15, -0.1) is 0 Å². The summed E-state index contributed by atoms with van der Waals surface area (Å²) in [6.07, 6.45) is -4.00. The van der Waals surface area contributed by atoms with Crippen LogP contribution in [0.2, 0.25) is 5.02 Å². The van der Waals surface area contributed by atoms with E-state index in [1.165, 1.54) is 12.1 Å². The smallest absolute Gasteiger partial charge is 0.299 e. The Kier molecular flexibility index (Phi) is 4.97. The highest BCUT2D eigenvalue weighted by atomic mass is 79.9. The maximum atomic E-state index is 13.8. The number of benzene rings is 1. The fourth-order valence-corrected chi connectivity index (χ4v) is 2.85. The summed E-state index contributed by atoms with van der Waals surface area (Å²) in [7, 11) is 0. The summed E-state index contributed by atoms with van der Waals surface area (Å²) >= 11 is 9.03. The molecular formula is C13H13BrClF4N. The zero-order valence-electron chi connectivity index (χ0n) is 10.5. The second kappa shape index (κ2) is 6.20. The minimum Gasteiger partial charge on any atom is -0.299 e. The van der Waals surface area contributed by atoms with Gasteiger partial charge in [-0.1, -0.05) is 11.6 Å². The summed E-state index contributed by atoms with van der Waals surface area (Å²) in [6, 6.07) is 2.79. The third kappa shape index (κ3) is 3.86. The number of hydrogen-bond donors (Lipinski definition) is 0. The van der Waals surface area contributed by atoms with E-state index in [0.29, 0.717) is 28.1 Å². The third-order valence-electron chi connectivity index (χ3n) is 3.53. The van der Waals surface area contributed by atoms with Gasteiger partial charge in [-0.05, 0) is 54.0 Å². The van der Waals surface area contributed by atoms with Gasteiger partial charge in [0.1, 0.15) is 5.82 Å². The molecule has 1 nitrogen and oxygen atoms in total. The molecule has 1 aliphatic rings. The molecule has 0 atom stereocenters. The van der Waals surface area contributed by atoms with Crippen molar-refractivity contribution in [2.75, 3.05) is 13.1 Å². The van der Waals surface area contributed by atoms with Crippen LogP contribution in [0.15, 0.2) is 16.6 Å². The van der Waals surface area contributed by atoms with Crippen molar-refractivity contribution in [2.24, 2.45) is 5.92 Å². The molecule has 112 valence electrons. The standard InChI is InChI=1S/C13H13BrClF4N/c14-10-6-12(16)8(5-11(10)15)7-20-3-1-9(2-4-20)13(17,18)19/h5-6,9H,1-4,7H2. The molecule has 0 aliphatic carbocycles. The lowest BCUT2D eigenvalue weighted by molar-refractivity contribution is -0.185. The Balaban J connectivity index is 1.98. The molecule has 0 radical (unpaired) electrons. The number of rotatable bonds is 2. The average Bonchev–Trinajstić information content (AvgIpc) is 2.35. The molecule has 0 bridgehead atoms. The summed E-state index contributed by atoms with van der Waals surface area (Å²) in [5.74, 6) is -1.64. The Bertz CT molecular complexity index is 484. The van der Waals surface area contributed by atoms with Crippen LogP contribution in [0, 0.1) is 11.7 Å². The van der Waals surface area contributed by atoms with E-state index >= 15 is 0 Å². The maximum Gasteiger partial charge on any atom is 0.391 e. The SMILES string of the molecule is Fc1cc(Br)c(Cl)cc1CN1CCC(C(F)(F)F)CC1. The number of alkyl halides is 3. The van der Waals surface area contributed by atoms with E-state index < -0.39 is 17.9 Å². The molecule has 20 heavy (non-hydrogen) atoms. The van der Waals surface area contributed by atoms with Crippen LogP contribution in [0.1, 0.15) is 18.4 Å². The monoisotopic (exact) mass is 373 g/mol. The van der Waals surface area contributed by atoms with Gasteiger partial charge in [0.15, 0.2) is 0 Å². The molecule has 0 saturated carbocycles. The second-order valence-corrected chi connectivity index (χ2v) is 6.21. The van der Waals surface area contributed by atoms with Crippen LogP contribution in [0.3, 0.4) is 0 Å². The molecule has 0 spiro atoms. The Morgan fingerprint density at radius 2 is 1.85 bits per heavy atom. The van der Waals surface area contributed by atoms with E-state index in [-0.39, 0.29) is 19.4 Å². The van der Waals surface area contributed by atoms with Crippen molar-refractivity contribution in [1.29, 1.82) is 0 Å². The first-order chi connectivity index (χ1) is 9.27. The Morgan fingerprint density at radius 3 is 2.40 bits per heavy atom. The number of nitrogens with zero attached hydrogens (tertiary/aromatic N) is 1. The van der Waals surface area contributed by atoms with Crippen LogP contribution in [0.4, 0.5) is 17.6 Å². The minimum atomic E-state index is -4.13. The van der Waals surface area contributed by atoms with Gasteiger partial charge in [-0.25, -0.2) is 4.39 Å². The lowest BCUT2D eigenvalue weighted by atomic mass is 9.96. The van der Waals surface area contributed by atoms with Crippen LogP contribution in [-0.2, 0) is 6.54 Å². The van der Waals surface area contributed by atoms with Crippen molar-refractivity contribution in [3.05, 3.63) is 33.0 Å². The Morgan fingerprint density at radius 1 is 1.25 bits per heavy atom. The summed E-state index contributed by atoms with van der Waals surface area (Å²) in [4.78, 5) is 1.82. The van der Waals surface area contributed by atoms with Crippen molar-refractivity contribution < 1.29 is 17.6 Å². The van der Waals surface area contributed by atoms with Crippen molar-refractivity contribution in [1.82, 2.24) is 4.90 Å². The fraction of sp³-hybridized carbons (Fsp3) is 0.538. The first-order valence-corrected chi connectivity index (χ1v) is 7.37. The number of halogens is 6.